The minimum Gasteiger partial charge on any atom is -0.503 e. The van der Waals surface area contributed by atoms with Gasteiger partial charge in [-0.3, -0.25) is 19.5 Å². The second-order valence-electron chi connectivity index (χ2n) is 7.69. The highest BCUT2D eigenvalue weighted by molar-refractivity contribution is 6.17. The number of benzene rings is 1. The first-order chi connectivity index (χ1) is 12.8. The molecule has 0 radical (unpaired) electrons. The maximum Gasteiger partial charge on any atom is 0.294 e. The number of ketones is 1. The Labute approximate surface area is 159 Å². The summed E-state index contributed by atoms with van der Waals surface area (Å²) in [5, 5.41) is 10.6. The van der Waals surface area contributed by atoms with Crippen molar-refractivity contribution in [2.45, 2.75) is 40.2 Å². The molecular weight excluding hydrogens is 340 g/mol. The fourth-order valence-electron chi connectivity index (χ4n) is 3.22. The number of hydrogen-bond donors (Lipinski definition) is 1. The number of nitrogens with zero attached hydrogens (tertiary/aromatic N) is 2. The molecule has 1 aliphatic rings. The van der Waals surface area contributed by atoms with Crippen LogP contribution < -0.4 is 4.90 Å². The van der Waals surface area contributed by atoms with Gasteiger partial charge >= 0.3 is 0 Å². The monoisotopic (exact) mass is 364 g/mol. The van der Waals surface area contributed by atoms with Gasteiger partial charge in [0.2, 0.25) is 0 Å². The molecule has 1 aromatic carbocycles. The molecule has 2 aromatic rings. The zero-order chi connectivity index (χ0) is 19.8. The Morgan fingerprint density at radius 1 is 1.15 bits per heavy atom. The SMILES string of the molecule is CCc1ccc(N2C(=O)C(O)=C(C(=O)C(C)(C)C)C2c2ccccn2)cc1. The summed E-state index contributed by atoms with van der Waals surface area (Å²) < 4.78 is 0. The van der Waals surface area contributed by atoms with Crippen molar-refractivity contribution in [2.75, 3.05) is 4.90 Å². The molecule has 5 nitrogen and oxygen atoms in total. The average molecular weight is 364 g/mol. The standard InChI is InChI=1S/C22H24N2O3/c1-5-14-9-11-15(12-10-14)24-18(16-8-6-7-13-23-16)17(19(25)21(24)27)20(26)22(2,3)4/h6-13,18,25H,5H2,1-4H3. The van der Waals surface area contributed by atoms with E-state index in [4.69, 9.17) is 0 Å². The van der Waals surface area contributed by atoms with Crippen molar-refractivity contribution in [3.05, 3.63) is 71.3 Å². The minimum absolute atomic E-state index is 0.103. The Morgan fingerprint density at radius 2 is 1.81 bits per heavy atom. The van der Waals surface area contributed by atoms with Crippen LogP contribution in [0.2, 0.25) is 0 Å². The van der Waals surface area contributed by atoms with E-state index >= 15 is 0 Å². The predicted molar refractivity (Wildman–Crippen MR) is 104 cm³/mol. The number of Topliss-reactive ketones (excluding diaryl/α,β-unsaturated/α-hetero) is 1. The number of carbonyl (C=O) groups excluding carboxylic acids is 2. The van der Waals surface area contributed by atoms with Crippen molar-refractivity contribution < 1.29 is 14.7 Å². The molecule has 0 fully saturated rings. The van der Waals surface area contributed by atoms with Crippen molar-refractivity contribution in [3.8, 4) is 0 Å². The second kappa shape index (κ2) is 6.99. The summed E-state index contributed by atoms with van der Waals surface area (Å²) in [7, 11) is 0. The van der Waals surface area contributed by atoms with Gasteiger partial charge in [-0.2, -0.15) is 0 Å². The highest BCUT2D eigenvalue weighted by atomic mass is 16.3. The number of aromatic nitrogens is 1. The van der Waals surface area contributed by atoms with Gasteiger partial charge in [-0.15, -0.1) is 0 Å². The Morgan fingerprint density at radius 3 is 2.33 bits per heavy atom. The number of hydrogen-bond acceptors (Lipinski definition) is 4. The van der Waals surface area contributed by atoms with Gasteiger partial charge in [0.05, 0.1) is 11.3 Å². The van der Waals surface area contributed by atoms with Crippen LogP contribution in [0, 0.1) is 5.41 Å². The highest BCUT2D eigenvalue weighted by Crippen LogP contribution is 2.42. The van der Waals surface area contributed by atoms with Crippen LogP contribution in [-0.4, -0.2) is 21.8 Å². The number of amides is 1. The summed E-state index contributed by atoms with van der Waals surface area (Å²) in [5.74, 6) is -1.34. The molecule has 0 aliphatic carbocycles. The second-order valence-corrected chi connectivity index (χ2v) is 7.69. The van der Waals surface area contributed by atoms with Crippen LogP contribution in [0.4, 0.5) is 5.69 Å². The summed E-state index contributed by atoms with van der Waals surface area (Å²) in [6.45, 7) is 7.37. The first-order valence-corrected chi connectivity index (χ1v) is 9.07. The molecule has 27 heavy (non-hydrogen) atoms. The van der Waals surface area contributed by atoms with Gasteiger partial charge in [-0.25, -0.2) is 0 Å². The number of pyridine rings is 1. The van der Waals surface area contributed by atoms with Crippen LogP contribution in [-0.2, 0) is 16.0 Å². The normalized spacial score (nSPS) is 17.6. The van der Waals surface area contributed by atoms with Gasteiger partial charge in [0.15, 0.2) is 11.5 Å². The Hall–Kier alpha value is -2.95. The lowest BCUT2D eigenvalue weighted by Gasteiger charge is -2.28. The van der Waals surface area contributed by atoms with Gasteiger partial charge in [0.25, 0.3) is 5.91 Å². The average Bonchev–Trinajstić information content (AvgIpc) is 2.92. The lowest BCUT2D eigenvalue weighted by molar-refractivity contribution is -0.123. The molecule has 0 bridgehead atoms. The van der Waals surface area contributed by atoms with E-state index in [9.17, 15) is 14.7 Å². The number of anilines is 1. The van der Waals surface area contributed by atoms with Crippen LogP contribution in [0.15, 0.2) is 60.0 Å². The van der Waals surface area contributed by atoms with E-state index in [0.29, 0.717) is 11.4 Å². The van der Waals surface area contributed by atoms with Gasteiger partial charge in [0.1, 0.15) is 6.04 Å². The number of carbonyl (C=O) groups is 2. The first kappa shape index (κ1) is 18.8. The minimum atomic E-state index is -0.752. The van der Waals surface area contributed by atoms with Crippen LogP contribution in [0.5, 0.6) is 0 Å². The lowest BCUT2D eigenvalue weighted by atomic mass is 9.83. The summed E-state index contributed by atoms with van der Waals surface area (Å²) in [4.78, 5) is 31.8. The Kier molecular flexibility index (Phi) is 4.87. The fraction of sp³-hybridized carbons (Fsp3) is 0.318. The predicted octanol–water partition coefficient (Wildman–Crippen LogP) is 4.16. The molecule has 0 saturated carbocycles. The Bertz CT molecular complexity index is 893. The third-order valence-electron chi connectivity index (χ3n) is 4.72. The highest BCUT2D eigenvalue weighted by Gasteiger charge is 2.47. The molecule has 1 atom stereocenters. The smallest absolute Gasteiger partial charge is 0.294 e. The van der Waals surface area contributed by atoms with E-state index < -0.39 is 23.1 Å². The van der Waals surface area contributed by atoms with Crippen molar-refractivity contribution in [3.63, 3.8) is 0 Å². The third kappa shape index (κ3) is 3.37. The Balaban J connectivity index is 2.16. The maximum atomic E-state index is 13.1. The molecular formula is C22H24N2O3. The van der Waals surface area contributed by atoms with E-state index in [1.54, 1.807) is 45.2 Å². The molecule has 140 valence electrons. The number of aliphatic hydroxyl groups excluding tert-OH is 1. The maximum absolute atomic E-state index is 13.1. The van der Waals surface area contributed by atoms with E-state index in [0.717, 1.165) is 12.0 Å². The van der Waals surface area contributed by atoms with Crippen molar-refractivity contribution in [1.29, 1.82) is 0 Å². The molecule has 1 aliphatic heterocycles. The van der Waals surface area contributed by atoms with Crippen LogP contribution in [0.25, 0.3) is 0 Å². The first-order valence-electron chi connectivity index (χ1n) is 9.07. The van der Waals surface area contributed by atoms with Crippen LogP contribution >= 0.6 is 0 Å². The van der Waals surface area contributed by atoms with Crippen LogP contribution in [0.3, 0.4) is 0 Å². The van der Waals surface area contributed by atoms with E-state index in [-0.39, 0.29) is 11.4 Å². The quantitative estimate of drug-likeness (QED) is 0.884. The number of rotatable bonds is 4. The molecule has 0 saturated heterocycles. The van der Waals surface area contributed by atoms with E-state index in [2.05, 4.69) is 11.9 Å². The molecule has 1 unspecified atom stereocenters. The zero-order valence-electron chi connectivity index (χ0n) is 16.1. The van der Waals surface area contributed by atoms with Crippen LogP contribution in [0.1, 0.15) is 45.0 Å². The topological polar surface area (TPSA) is 70.5 Å². The van der Waals surface area contributed by atoms with Crippen molar-refractivity contribution in [1.82, 2.24) is 4.98 Å². The van der Waals surface area contributed by atoms with Gasteiger partial charge in [-0.1, -0.05) is 45.9 Å². The molecule has 5 heteroatoms. The van der Waals surface area contributed by atoms with E-state index in [1.807, 2.05) is 24.3 Å². The van der Waals surface area contributed by atoms with Gasteiger partial charge < -0.3 is 5.11 Å². The summed E-state index contributed by atoms with van der Waals surface area (Å²) in [5.41, 5.74) is 1.67. The lowest BCUT2D eigenvalue weighted by Crippen LogP contribution is -2.33. The zero-order valence-corrected chi connectivity index (χ0v) is 16.1. The van der Waals surface area contributed by atoms with Crippen molar-refractivity contribution >= 4 is 17.4 Å². The summed E-state index contributed by atoms with van der Waals surface area (Å²) in [6, 6.07) is 12.2. The van der Waals surface area contributed by atoms with Gasteiger partial charge in [0, 0.05) is 17.3 Å². The summed E-state index contributed by atoms with van der Waals surface area (Å²) in [6.07, 6.45) is 2.50. The largest absolute Gasteiger partial charge is 0.503 e. The van der Waals surface area contributed by atoms with Crippen molar-refractivity contribution in [2.24, 2.45) is 5.41 Å². The molecule has 0 spiro atoms. The molecule has 1 amide bonds. The molecule has 3 rings (SSSR count). The third-order valence-corrected chi connectivity index (χ3v) is 4.72. The fourth-order valence-corrected chi connectivity index (χ4v) is 3.22. The summed E-state index contributed by atoms with van der Waals surface area (Å²) >= 11 is 0. The number of aliphatic hydroxyl groups is 1. The number of aryl methyl sites for hydroxylation is 1. The van der Waals surface area contributed by atoms with Gasteiger partial charge in [-0.05, 0) is 36.2 Å². The van der Waals surface area contributed by atoms with E-state index in [1.165, 1.54) is 4.90 Å². The molecule has 2 heterocycles. The molecule has 1 N–H and O–H groups in total. The molecule has 1 aromatic heterocycles.